The lowest BCUT2D eigenvalue weighted by Crippen LogP contribution is -2.48. The molecule has 2 fully saturated rings. The third-order valence-corrected chi connectivity index (χ3v) is 5.40. The normalized spacial score (nSPS) is 28.5. The van der Waals surface area contributed by atoms with Gasteiger partial charge in [-0.1, -0.05) is 6.42 Å². The van der Waals surface area contributed by atoms with E-state index in [0.717, 1.165) is 25.7 Å². The third-order valence-electron chi connectivity index (χ3n) is 5.40. The molecule has 134 valence electrons. The highest BCUT2D eigenvalue weighted by Gasteiger charge is 2.40. The molecule has 1 aromatic carbocycles. The molecule has 2 atom stereocenters. The zero-order chi connectivity index (χ0) is 16.4. The highest BCUT2D eigenvalue weighted by atomic mass is 35.5. The van der Waals surface area contributed by atoms with Crippen molar-refractivity contribution in [2.75, 3.05) is 19.5 Å². The minimum atomic E-state index is 0. The summed E-state index contributed by atoms with van der Waals surface area (Å²) in [5, 5.41) is 3.03. The van der Waals surface area contributed by atoms with E-state index >= 15 is 0 Å². The van der Waals surface area contributed by atoms with E-state index in [-0.39, 0.29) is 30.3 Å². The summed E-state index contributed by atoms with van der Waals surface area (Å²) < 4.78 is 10.5. The van der Waals surface area contributed by atoms with E-state index in [1.807, 2.05) is 12.1 Å². The van der Waals surface area contributed by atoms with E-state index in [4.69, 9.17) is 15.2 Å². The number of halogens is 1. The van der Waals surface area contributed by atoms with Gasteiger partial charge in [0.1, 0.15) is 11.5 Å². The monoisotopic (exact) mass is 354 g/mol. The van der Waals surface area contributed by atoms with Crippen LogP contribution >= 0.6 is 12.4 Å². The summed E-state index contributed by atoms with van der Waals surface area (Å²) in [4.78, 5) is 12.7. The second-order valence-corrected chi connectivity index (χ2v) is 6.79. The zero-order valence-electron chi connectivity index (χ0n) is 14.3. The lowest BCUT2D eigenvalue weighted by molar-refractivity contribution is -0.122. The molecule has 5 nitrogen and oxygen atoms in total. The van der Waals surface area contributed by atoms with Gasteiger partial charge in [0.05, 0.1) is 14.2 Å². The first-order valence-electron chi connectivity index (χ1n) is 8.40. The third kappa shape index (κ3) is 3.95. The standard InChI is InChI=1S/C18H26N2O3.ClH/c1-22-15-8-14(9-16(10-15)23-2)20-18(21)13-6-11-4-3-5-12(7-13)17(11)19;/h8-13,17H,3-7,19H2,1-2H3,(H,20,21);1H. The van der Waals surface area contributed by atoms with E-state index in [2.05, 4.69) is 5.32 Å². The van der Waals surface area contributed by atoms with Crippen molar-refractivity contribution in [3.8, 4) is 11.5 Å². The summed E-state index contributed by atoms with van der Waals surface area (Å²) in [6, 6.07) is 5.70. The van der Waals surface area contributed by atoms with Crippen molar-refractivity contribution in [1.82, 2.24) is 0 Å². The van der Waals surface area contributed by atoms with Crippen LogP contribution in [0.25, 0.3) is 0 Å². The highest BCUT2D eigenvalue weighted by Crippen LogP contribution is 2.42. The number of amides is 1. The molecule has 0 spiro atoms. The number of nitrogens with two attached hydrogens (primary N) is 1. The predicted molar refractivity (Wildman–Crippen MR) is 97.0 cm³/mol. The Balaban J connectivity index is 0.00000208. The van der Waals surface area contributed by atoms with Gasteiger partial charge in [0.15, 0.2) is 0 Å². The number of anilines is 1. The van der Waals surface area contributed by atoms with E-state index in [9.17, 15) is 4.79 Å². The van der Waals surface area contributed by atoms with Crippen LogP contribution in [0.3, 0.4) is 0 Å². The average Bonchev–Trinajstić information content (AvgIpc) is 2.54. The van der Waals surface area contributed by atoms with Crippen LogP contribution in [-0.2, 0) is 4.79 Å². The van der Waals surface area contributed by atoms with Gasteiger partial charge in [-0.05, 0) is 37.5 Å². The molecule has 0 aliphatic heterocycles. The number of ether oxygens (including phenoxy) is 2. The zero-order valence-corrected chi connectivity index (χ0v) is 15.1. The summed E-state index contributed by atoms with van der Waals surface area (Å²) in [7, 11) is 3.20. The summed E-state index contributed by atoms with van der Waals surface area (Å²) >= 11 is 0. The fourth-order valence-corrected chi connectivity index (χ4v) is 4.13. The maximum atomic E-state index is 12.7. The van der Waals surface area contributed by atoms with Crippen molar-refractivity contribution < 1.29 is 14.3 Å². The lowest BCUT2D eigenvalue weighted by Gasteiger charge is -2.43. The van der Waals surface area contributed by atoms with Gasteiger partial charge in [-0.2, -0.15) is 0 Å². The Morgan fingerprint density at radius 2 is 1.62 bits per heavy atom. The van der Waals surface area contributed by atoms with Crippen molar-refractivity contribution in [2.24, 2.45) is 23.5 Å². The van der Waals surface area contributed by atoms with Crippen LogP contribution in [0.1, 0.15) is 32.1 Å². The molecule has 0 radical (unpaired) electrons. The Morgan fingerprint density at radius 3 is 2.12 bits per heavy atom. The van der Waals surface area contributed by atoms with Gasteiger partial charge in [-0.3, -0.25) is 4.79 Å². The molecule has 3 N–H and O–H groups in total. The number of rotatable bonds is 4. The number of carbonyl (C=O) groups excluding carboxylic acids is 1. The van der Waals surface area contributed by atoms with Crippen LogP contribution in [0, 0.1) is 17.8 Å². The van der Waals surface area contributed by atoms with E-state index in [1.54, 1.807) is 20.3 Å². The molecule has 1 aromatic rings. The maximum Gasteiger partial charge on any atom is 0.227 e. The van der Waals surface area contributed by atoms with E-state index < -0.39 is 0 Å². The Bertz CT molecular complexity index is 545. The Labute approximate surface area is 149 Å². The van der Waals surface area contributed by atoms with Crippen molar-refractivity contribution >= 4 is 24.0 Å². The molecule has 24 heavy (non-hydrogen) atoms. The SMILES string of the molecule is COc1cc(NC(=O)C2CC3CCCC(C2)C3N)cc(OC)c1.Cl. The van der Waals surface area contributed by atoms with Gasteiger partial charge in [0, 0.05) is 35.8 Å². The van der Waals surface area contributed by atoms with Gasteiger partial charge < -0.3 is 20.5 Å². The number of nitrogens with one attached hydrogen (secondary N) is 1. The number of methoxy groups -OCH3 is 2. The Hall–Kier alpha value is -1.46. The van der Waals surface area contributed by atoms with Gasteiger partial charge in [-0.15, -0.1) is 12.4 Å². The first kappa shape index (κ1) is 18.9. The molecule has 0 saturated heterocycles. The summed E-state index contributed by atoms with van der Waals surface area (Å²) in [5.41, 5.74) is 7.02. The average molecular weight is 355 g/mol. The van der Waals surface area contributed by atoms with Crippen LogP contribution in [0.5, 0.6) is 11.5 Å². The Morgan fingerprint density at radius 1 is 1.08 bits per heavy atom. The maximum absolute atomic E-state index is 12.7. The molecule has 2 bridgehead atoms. The second kappa shape index (κ2) is 8.08. The first-order chi connectivity index (χ1) is 11.1. The smallest absolute Gasteiger partial charge is 0.227 e. The molecule has 0 heterocycles. The minimum Gasteiger partial charge on any atom is -0.497 e. The van der Waals surface area contributed by atoms with E-state index in [1.165, 1.54) is 6.42 Å². The van der Waals surface area contributed by atoms with Gasteiger partial charge in [0.25, 0.3) is 0 Å². The molecule has 1 amide bonds. The van der Waals surface area contributed by atoms with Crippen molar-refractivity contribution in [3.63, 3.8) is 0 Å². The number of hydrogen-bond acceptors (Lipinski definition) is 4. The molecule has 2 aliphatic rings. The molecule has 0 aromatic heterocycles. The van der Waals surface area contributed by atoms with Crippen LogP contribution in [0.2, 0.25) is 0 Å². The summed E-state index contributed by atoms with van der Waals surface area (Å²) in [6.07, 6.45) is 5.39. The first-order valence-corrected chi connectivity index (χ1v) is 8.40. The van der Waals surface area contributed by atoms with Crippen molar-refractivity contribution in [2.45, 2.75) is 38.1 Å². The minimum absolute atomic E-state index is 0. The van der Waals surface area contributed by atoms with Crippen LogP contribution in [0.15, 0.2) is 18.2 Å². The van der Waals surface area contributed by atoms with Gasteiger partial charge >= 0.3 is 0 Å². The fraction of sp³-hybridized carbons (Fsp3) is 0.611. The number of benzene rings is 1. The van der Waals surface area contributed by atoms with Crippen LogP contribution in [-0.4, -0.2) is 26.2 Å². The van der Waals surface area contributed by atoms with Crippen LogP contribution in [0.4, 0.5) is 5.69 Å². The molecule has 2 saturated carbocycles. The highest BCUT2D eigenvalue weighted by molar-refractivity contribution is 5.93. The summed E-state index contributed by atoms with van der Waals surface area (Å²) in [6.45, 7) is 0. The lowest BCUT2D eigenvalue weighted by atomic mass is 9.65. The topological polar surface area (TPSA) is 73.6 Å². The molecule has 3 rings (SSSR count). The summed E-state index contributed by atoms with van der Waals surface area (Å²) in [5.74, 6) is 2.48. The van der Waals surface area contributed by atoms with Gasteiger partial charge in [0.2, 0.25) is 5.91 Å². The van der Waals surface area contributed by atoms with Crippen molar-refractivity contribution in [3.05, 3.63) is 18.2 Å². The molecule has 6 heteroatoms. The number of fused-ring (bicyclic) bond motifs is 2. The largest absolute Gasteiger partial charge is 0.497 e. The molecule has 2 unspecified atom stereocenters. The Kier molecular flexibility index (Phi) is 6.35. The fourth-order valence-electron chi connectivity index (χ4n) is 4.13. The van der Waals surface area contributed by atoms with E-state index in [0.29, 0.717) is 29.0 Å². The van der Waals surface area contributed by atoms with Crippen LogP contribution < -0.4 is 20.5 Å². The van der Waals surface area contributed by atoms with Crippen molar-refractivity contribution in [1.29, 1.82) is 0 Å². The molecule has 2 aliphatic carbocycles. The quantitative estimate of drug-likeness (QED) is 0.870. The number of carbonyl (C=O) groups is 1. The second-order valence-electron chi connectivity index (χ2n) is 6.79. The number of hydrogen-bond donors (Lipinski definition) is 2. The molecular weight excluding hydrogens is 328 g/mol. The van der Waals surface area contributed by atoms with Gasteiger partial charge in [-0.25, -0.2) is 0 Å². The predicted octanol–water partition coefficient (Wildman–Crippen LogP) is 3.22. The molecular formula is C18H27ClN2O3.